The Hall–Kier alpha value is -1.36. The summed E-state index contributed by atoms with van der Waals surface area (Å²) < 4.78 is 11.4. The Morgan fingerprint density at radius 3 is 2.55 bits per heavy atom. The summed E-state index contributed by atoms with van der Waals surface area (Å²) in [6.45, 7) is 8.16. The lowest BCUT2D eigenvalue weighted by atomic mass is 9.40. The van der Waals surface area contributed by atoms with Crippen LogP contribution in [0.1, 0.15) is 72.6 Å². The van der Waals surface area contributed by atoms with Crippen LogP contribution in [0.3, 0.4) is 0 Å². The minimum atomic E-state index is -0.250. The average Bonchev–Trinajstić information content (AvgIpc) is 2.93. The van der Waals surface area contributed by atoms with Crippen molar-refractivity contribution in [3.63, 3.8) is 0 Å². The van der Waals surface area contributed by atoms with Crippen molar-refractivity contribution in [2.24, 2.45) is 34.0 Å². The second kappa shape index (κ2) is 7.11. The van der Waals surface area contributed by atoms with Crippen LogP contribution in [0.25, 0.3) is 0 Å². The Balaban J connectivity index is 1.76. The van der Waals surface area contributed by atoms with Crippen molar-refractivity contribution < 1.29 is 24.2 Å². The third-order valence-electron chi connectivity index (χ3n) is 9.09. The number of aliphatic hydroxyl groups is 1. The molecule has 0 aromatic rings. The van der Waals surface area contributed by atoms with Gasteiger partial charge in [0.2, 0.25) is 0 Å². The van der Waals surface area contributed by atoms with Crippen molar-refractivity contribution in [2.45, 2.75) is 78.7 Å². The molecule has 0 heterocycles. The number of carbonyl (C=O) groups is 2. The Morgan fingerprint density at radius 1 is 1.14 bits per heavy atom. The smallest absolute Gasteiger partial charge is 0.302 e. The van der Waals surface area contributed by atoms with Gasteiger partial charge in [0.15, 0.2) is 0 Å². The van der Waals surface area contributed by atoms with Gasteiger partial charge in [0, 0.05) is 25.9 Å². The van der Waals surface area contributed by atoms with E-state index in [2.05, 4.69) is 19.9 Å². The maximum Gasteiger partial charge on any atom is 0.302 e. The van der Waals surface area contributed by atoms with E-state index in [1.54, 1.807) is 0 Å². The molecule has 1 N–H and O–H groups in total. The molecule has 0 unspecified atom stereocenters. The zero-order valence-electron chi connectivity index (χ0n) is 18.3. The van der Waals surface area contributed by atoms with Crippen molar-refractivity contribution in [3.8, 4) is 0 Å². The fourth-order valence-electron chi connectivity index (χ4n) is 7.95. The summed E-state index contributed by atoms with van der Waals surface area (Å²) in [5, 5.41) is 10.3. The van der Waals surface area contributed by atoms with Gasteiger partial charge in [-0.2, -0.15) is 0 Å². The minimum absolute atomic E-state index is 0.118. The monoisotopic (exact) mass is 404 g/mol. The molecule has 4 aliphatic carbocycles. The van der Waals surface area contributed by atoms with Crippen molar-refractivity contribution in [1.82, 2.24) is 0 Å². The highest BCUT2D eigenvalue weighted by molar-refractivity contribution is 5.66. The number of hydrogen-bond donors (Lipinski definition) is 1. The molecule has 4 aliphatic rings. The molecule has 7 atom stereocenters. The van der Waals surface area contributed by atoms with E-state index in [1.165, 1.54) is 25.8 Å². The van der Waals surface area contributed by atoms with Crippen molar-refractivity contribution in [2.75, 3.05) is 13.2 Å². The van der Waals surface area contributed by atoms with E-state index < -0.39 is 0 Å². The molecule has 5 nitrogen and oxygen atoms in total. The second-order valence-corrected chi connectivity index (χ2v) is 10.7. The largest absolute Gasteiger partial charge is 0.462 e. The summed E-state index contributed by atoms with van der Waals surface area (Å²) in [4.78, 5) is 23.4. The summed E-state index contributed by atoms with van der Waals surface area (Å²) >= 11 is 0. The molecular weight excluding hydrogens is 368 g/mol. The fourth-order valence-corrected chi connectivity index (χ4v) is 7.95. The maximum absolute atomic E-state index is 12.1. The summed E-state index contributed by atoms with van der Waals surface area (Å²) in [5.74, 6) is 0.708. The molecule has 162 valence electrons. The number of hydrogen-bond acceptors (Lipinski definition) is 5. The lowest BCUT2D eigenvalue weighted by molar-refractivity contribution is -0.208. The number of aliphatic hydroxyl groups excluding tert-OH is 1. The predicted octanol–water partition coefficient (Wildman–Crippen LogP) is 4.03. The molecule has 29 heavy (non-hydrogen) atoms. The van der Waals surface area contributed by atoms with E-state index in [0.717, 1.165) is 38.5 Å². The number of fused-ring (bicyclic) bond motifs is 3. The summed E-state index contributed by atoms with van der Waals surface area (Å²) in [6, 6.07) is 0. The Kier molecular flexibility index (Phi) is 5.12. The van der Waals surface area contributed by atoms with Crippen LogP contribution in [-0.2, 0) is 19.1 Å². The van der Waals surface area contributed by atoms with Gasteiger partial charge in [-0.15, -0.1) is 0 Å². The Labute approximate surface area is 174 Å². The predicted molar refractivity (Wildman–Crippen MR) is 109 cm³/mol. The van der Waals surface area contributed by atoms with Crippen LogP contribution in [0.2, 0.25) is 0 Å². The lowest BCUT2D eigenvalue weighted by Crippen LogP contribution is -2.62. The van der Waals surface area contributed by atoms with Crippen LogP contribution in [0.4, 0.5) is 0 Å². The quantitative estimate of drug-likeness (QED) is 0.566. The summed E-state index contributed by atoms with van der Waals surface area (Å²) in [6.07, 6.45) is 9.54. The topological polar surface area (TPSA) is 72.8 Å². The zero-order chi connectivity index (χ0) is 21.0. The Morgan fingerprint density at radius 2 is 1.90 bits per heavy atom. The SMILES string of the molecule is CC(=O)OCC1=C[C@]23C[C@H]1CC[C@H]2[C@]1(C)CCC[C@](C)(CO)[C@@H]1C[C@@H]3OC(C)=O. The fraction of sp³-hybridized carbons (Fsp3) is 0.833. The molecule has 0 aromatic heterocycles. The normalized spacial score (nSPS) is 45.6. The highest BCUT2D eigenvalue weighted by Crippen LogP contribution is 2.71. The third-order valence-corrected chi connectivity index (χ3v) is 9.09. The van der Waals surface area contributed by atoms with Crippen LogP contribution < -0.4 is 0 Å². The standard InChI is InChI=1S/C24H36O5/c1-15(26)28-13-18-12-24-11-17(18)6-7-19(24)23(4)9-5-8-22(3,14-25)20(23)10-21(24)29-16(2)27/h12,17,19-21,25H,5-11,13-14H2,1-4H3/t17-,19+,20+,21+,22-,23+,24-/m1/s1. The molecule has 0 aromatic carbocycles. The minimum Gasteiger partial charge on any atom is -0.462 e. The number of rotatable bonds is 4. The molecule has 0 amide bonds. The van der Waals surface area contributed by atoms with Gasteiger partial charge in [0.25, 0.3) is 0 Å². The van der Waals surface area contributed by atoms with Gasteiger partial charge < -0.3 is 14.6 Å². The molecule has 3 fully saturated rings. The van der Waals surface area contributed by atoms with E-state index in [1.807, 2.05) is 0 Å². The van der Waals surface area contributed by atoms with Gasteiger partial charge in [-0.05, 0) is 72.7 Å². The second-order valence-electron chi connectivity index (χ2n) is 10.7. The van der Waals surface area contributed by atoms with Crippen molar-refractivity contribution in [1.29, 1.82) is 0 Å². The number of ether oxygens (including phenoxy) is 2. The van der Waals surface area contributed by atoms with Gasteiger partial charge in [-0.1, -0.05) is 26.3 Å². The average molecular weight is 405 g/mol. The highest BCUT2D eigenvalue weighted by Gasteiger charge is 2.67. The molecule has 5 heteroatoms. The molecule has 0 saturated heterocycles. The maximum atomic E-state index is 12.1. The van der Waals surface area contributed by atoms with Crippen LogP contribution in [0, 0.1) is 34.0 Å². The van der Waals surface area contributed by atoms with Crippen LogP contribution in [0.5, 0.6) is 0 Å². The van der Waals surface area contributed by atoms with E-state index in [-0.39, 0.29) is 40.9 Å². The Bertz CT molecular complexity index is 729. The van der Waals surface area contributed by atoms with Crippen LogP contribution in [-0.4, -0.2) is 36.4 Å². The summed E-state index contributed by atoms with van der Waals surface area (Å²) in [5.41, 5.74) is 1.06. The van der Waals surface area contributed by atoms with Gasteiger partial charge in [-0.25, -0.2) is 0 Å². The first-order valence-corrected chi connectivity index (χ1v) is 11.3. The van der Waals surface area contributed by atoms with E-state index >= 15 is 0 Å². The first kappa shape index (κ1) is 20.9. The highest BCUT2D eigenvalue weighted by atomic mass is 16.5. The molecule has 3 saturated carbocycles. The molecule has 1 spiro atoms. The van der Waals surface area contributed by atoms with Gasteiger partial charge >= 0.3 is 11.9 Å². The molecule has 0 aliphatic heterocycles. The molecular formula is C24H36O5. The van der Waals surface area contributed by atoms with Gasteiger partial charge in [0.05, 0.1) is 0 Å². The number of esters is 2. The molecule has 4 rings (SSSR count). The number of carbonyl (C=O) groups excluding carboxylic acids is 2. The lowest BCUT2D eigenvalue weighted by Gasteiger charge is -2.65. The summed E-state index contributed by atoms with van der Waals surface area (Å²) in [7, 11) is 0. The van der Waals surface area contributed by atoms with Crippen molar-refractivity contribution in [3.05, 3.63) is 11.6 Å². The van der Waals surface area contributed by atoms with Crippen LogP contribution in [0.15, 0.2) is 11.6 Å². The van der Waals surface area contributed by atoms with Gasteiger partial charge in [0.1, 0.15) is 12.7 Å². The van der Waals surface area contributed by atoms with Crippen LogP contribution >= 0.6 is 0 Å². The molecule has 0 radical (unpaired) electrons. The molecule has 2 bridgehead atoms. The zero-order valence-corrected chi connectivity index (χ0v) is 18.3. The third kappa shape index (κ3) is 3.15. The van der Waals surface area contributed by atoms with E-state index in [0.29, 0.717) is 24.4 Å². The van der Waals surface area contributed by atoms with E-state index in [4.69, 9.17) is 9.47 Å². The first-order valence-electron chi connectivity index (χ1n) is 11.3. The van der Waals surface area contributed by atoms with Crippen molar-refractivity contribution >= 4 is 11.9 Å². The van der Waals surface area contributed by atoms with Gasteiger partial charge in [-0.3, -0.25) is 9.59 Å². The van der Waals surface area contributed by atoms with E-state index in [9.17, 15) is 14.7 Å². The first-order chi connectivity index (χ1) is 13.6.